The first-order chi connectivity index (χ1) is 10.7. The molecule has 0 saturated carbocycles. The monoisotopic (exact) mass is 299 g/mol. The molecule has 2 aromatic rings. The highest BCUT2D eigenvalue weighted by Gasteiger charge is 2.06. The Labute approximate surface area is 131 Å². The molecule has 0 aliphatic carbocycles. The van der Waals surface area contributed by atoms with Crippen LogP contribution in [0, 0.1) is 0 Å². The zero-order chi connectivity index (χ0) is 15.8. The second kappa shape index (κ2) is 8.32. The lowest BCUT2D eigenvalue weighted by Crippen LogP contribution is -2.22. The van der Waals surface area contributed by atoms with Crippen LogP contribution in [0.25, 0.3) is 0 Å². The van der Waals surface area contributed by atoms with Crippen LogP contribution in [0.2, 0.25) is 0 Å². The van der Waals surface area contributed by atoms with Gasteiger partial charge in [-0.2, -0.15) is 0 Å². The predicted molar refractivity (Wildman–Crippen MR) is 85.5 cm³/mol. The molecule has 2 aromatic carbocycles. The third-order valence-electron chi connectivity index (χ3n) is 3.29. The Morgan fingerprint density at radius 1 is 0.909 bits per heavy atom. The molecule has 116 valence electrons. The molecule has 0 spiro atoms. The normalized spacial score (nSPS) is 10.5. The molecule has 0 radical (unpaired) electrons. The van der Waals surface area contributed by atoms with Crippen LogP contribution in [0.3, 0.4) is 0 Å². The maximum atomic E-state index is 12.2. The van der Waals surface area contributed by atoms with Crippen LogP contribution < -0.4 is 5.32 Å². The second-order valence-corrected chi connectivity index (χ2v) is 5.07. The van der Waals surface area contributed by atoms with Gasteiger partial charge in [0.05, 0.1) is 13.2 Å². The molecule has 0 bridgehead atoms. The molecule has 1 N–H and O–H groups in total. The summed E-state index contributed by atoms with van der Waals surface area (Å²) in [6.45, 7) is 1.60. The number of hydrogen-bond donors (Lipinski definition) is 1. The lowest BCUT2D eigenvalue weighted by atomic mass is 10.1. The van der Waals surface area contributed by atoms with Gasteiger partial charge in [0.2, 0.25) is 0 Å². The smallest absolute Gasteiger partial charge is 0.251 e. The summed E-state index contributed by atoms with van der Waals surface area (Å²) in [6.07, 6.45) is 0. The van der Waals surface area contributed by atoms with E-state index in [4.69, 9.17) is 9.47 Å². The third-order valence-corrected chi connectivity index (χ3v) is 3.29. The van der Waals surface area contributed by atoms with Crippen LogP contribution in [-0.2, 0) is 29.2 Å². The van der Waals surface area contributed by atoms with Gasteiger partial charge < -0.3 is 14.8 Å². The zero-order valence-electron chi connectivity index (χ0n) is 13.0. The van der Waals surface area contributed by atoms with Crippen molar-refractivity contribution < 1.29 is 14.3 Å². The minimum Gasteiger partial charge on any atom is -0.380 e. The number of amides is 1. The summed E-state index contributed by atoms with van der Waals surface area (Å²) in [5.74, 6) is -0.0843. The Bertz CT molecular complexity index is 608. The van der Waals surface area contributed by atoms with Crippen molar-refractivity contribution in [3.63, 3.8) is 0 Å². The highest BCUT2D eigenvalue weighted by atomic mass is 16.5. The van der Waals surface area contributed by atoms with Crippen LogP contribution in [0.15, 0.2) is 48.5 Å². The van der Waals surface area contributed by atoms with Crippen molar-refractivity contribution in [1.29, 1.82) is 0 Å². The van der Waals surface area contributed by atoms with Crippen LogP contribution in [0.1, 0.15) is 27.0 Å². The molecule has 0 fully saturated rings. The van der Waals surface area contributed by atoms with E-state index in [1.165, 1.54) is 0 Å². The molecule has 0 aliphatic rings. The van der Waals surface area contributed by atoms with E-state index >= 15 is 0 Å². The molecule has 2 rings (SSSR count). The van der Waals surface area contributed by atoms with Gasteiger partial charge in [0.1, 0.15) is 0 Å². The average Bonchev–Trinajstić information content (AvgIpc) is 2.55. The predicted octanol–water partition coefficient (Wildman–Crippen LogP) is 2.91. The Morgan fingerprint density at radius 3 is 2.23 bits per heavy atom. The molecule has 22 heavy (non-hydrogen) atoms. The van der Waals surface area contributed by atoms with Gasteiger partial charge in [-0.3, -0.25) is 4.79 Å². The summed E-state index contributed by atoms with van der Waals surface area (Å²) in [5, 5.41) is 2.93. The number of ether oxygens (including phenoxy) is 2. The molecule has 0 saturated heterocycles. The summed E-state index contributed by atoms with van der Waals surface area (Å²) in [7, 11) is 3.31. The van der Waals surface area contributed by atoms with Crippen LogP contribution in [-0.4, -0.2) is 20.1 Å². The lowest BCUT2D eigenvalue weighted by Gasteiger charge is -2.08. The fraction of sp³-hybridized carbons (Fsp3) is 0.278. The minimum atomic E-state index is -0.0843. The van der Waals surface area contributed by atoms with Crippen molar-refractivity contribution in [2.24, 2.45) is 0 Å². The van der Waals surface area contributed by atoms with Gasteiger partial charge in [-0.25, -0.2) is 0 Å². The van der Waals surface area contributed by atoms with E-state index in [9.17, 15) is 4.79 Å². The van der Waals surface area contributed by atoms with Gasteiger partial charge in [0, 0.05) is 26.3 Å². The Kier molecular flexibility index (Phi) is 6.13. The molecular formula is C18H21NO3. The van der Waals surface area contributed by atoms with Crippen molar-refractivity contribution in [1.82, 2.24) is 5.32 Å². The van der Waals surface area contributed by atoms with Crippen molar-refractivity contribution in [2.75, 3.05) is 14.2 Å². The van der Waals surface area contributed by atoms with E-state index in [1.807, 2.05) is 42.5 Å². The van der Waals surface area contributed by atoms with Crippen LogP contribution in [0.4, 0.5) is 0 Å². The fourth-order valence-electron chi connectivity index (χ4n) is 2.17. The Hall–Kier alpha value is -2.17. The maximum Gasteiger partial charge on any atom is 0.251 e. The lowest BCUT2D eigenvalue weighted by molar-refractivity contribution is 0.0950. The number of carbonyl (C=O) groups is 1. The van der Waals surface area contributed by atoms with Crippen molar-refractivity contribution in [3.8, 4) is 0 Å². The van der Waals surface area contributed by atoms with E-state index in [2.05, 4.69) is 5.32 Å². The molecule has 4 nitrogen and oxygen atoms in total. The quantitative estimate of drug-likeness (QED) is 0.855. The van der Waals surface area contributed by atoms with Gasteiger partial charge in [0.25, 0.3) is 5.91 Å². The first-order valence-electron chi connectivity index (χ1n) is 7.15. The number of carbonyl (C=O) groups excluding carboxylic acids is 1. The molecule has 0 aromatic heterocycles. The van der Waals surface area contributed by atoms with Gasteiger partial charge in [-0.15, -0.1) is 0 Å². The zero-order valence-corrected chi connectivity index (χ0v) is 13.0. The summed E-state index contributed by atoms with van der Waals surface area (Å²) >= 11 is 0. The second-order valence-electron chi connectivity index (χ2n) is 5.07. The first-order valence-corrected chi connectivity index (χ1v) is 7.15. The molecule has 0 heterocycles. The fourth-order valence-corrected chi connectivity index (χ4v) is 2.17. The van der Waals surface area contributed by atoms with E-state index in [0.717, 1.165) is 16.7 Å². The van der Waals surface area contributed by atoms with E-state index in [0.29, 0.717) is 25.3 Å². The first kappa shape index (κ1) is 16.2. The molecular weight excluding hydrogens is 278 g/mol. The average molecular weight is 299 g/mol. The highest BCUT2D eigenvalue weighted by molar-refractivity contribution is 5.94. The summed E-state index contributed by atoms with van der Waals surface area (Å²) in [6, 6.07) is 15.5. The minimum absolute atomic E-state index is 0.0843. The Morgan fingerprint density at radius 2 is 1.55 bits per heavy atom. The number of hydrogen-bond acceptors (Lipinski definition) is 3. The van der Waals surface area contributed by atoms with Gasteiger partial charge in [-0.1, -0.05) is 36.4 Å². The molecule has 0 aliphatic heterocycles. The number of nitrogens with one attached hydrogen (secondary N) is 1. The maximum absolute atomic E-state index is 12.2. The number of benzene rings is 2. The summed E-state index contributed by atoms with van der Waals surface area (Å²) < 4.78 is 10.2. The summed E-state index contributed by atoms with van der Waals surface area (Å²) in [4.78, 5) is 12.2. The molecule has 1 amide bonds. The molecule has 4 heteroatoms. The standard InChI is InChI=1S/C18H21NO3/c1-21-12-15-8-6-14(7-9-15)11-19-18(20)17-5-3-4-16(10-17)13-22-2/h3-10H,11-13H2,1-2H3,(H,19,20). The van der Waals surface area contributed by atoms with E-state index < -0.39 is 0 Å². The van der Waals surface area contributed by atoms with Gasteiger partial charge >= 0.3 is 0 Å². The van der Waals surface area contributed by atoms with E-state index in [1.54, 1.807) is 20.3 Å². The Balaban J connectivity index is 1.93. The highest BCUT2D eigenvalue weighted by Crippen LogP contribution is 2.08. The van der Waals surface area contributed by atoms with E-state index in [-0.39, 0.29) is 5.91 Å². The van der Waals surface area contributed by atoms with Gasteiger partial charge in [-0.05, 0) is 28.8 Å². The van der Waals surface area contributed by atoms with Crippen molar-refractivity contribution in [2.45, 2.75) is 19.8 Å². The van der Waals surface area contributed by atoms with Gasteiger partial charge in [0.15, 0.2) is 0 Å². The molecule has 0 unspecified atom stereocenters. The van der Waals surface area contributed by atoms with Crippen LogP contribution in [0.5, 0.6) is 0 Å². The largest absolute Gasteiger partial charge is 0.380 e. The summed E-state index contributed by atoms with van der Waals surface area (Å²) in [5.41, 5.74) is 3.80. The van der Waals surface area contributed by atoms with Crippen LogP contribution >= 0.6 is 0 Å². The topological polar surface area (TPSA) is 47.6 Å². The third kappa shape index (κ3) is 4.69. The molecule has 0 atom stereocenters. The van der Waals surface area contributed by atoms with Crippen molar-refractivity contribution >= 4 is 5.91 Å². The number of methoxy groups -OCH3 is 2. The van der Waals surface area contributed by atoms with Crippen molar-refractivity contribution in [3.05, 3.63) is 70.8 Å². The number of rotatable bonds is 7. The SMILES string of the molecule is COCc1ccc(CNC(=O)c2cccc(COC)c2)cc1.